The van der Waals surface area contributed by atoms with Gasteiger partial charge in [-0.1, -0.05) is 26.7 Å². The van der Waals surface area contributed by atoms with Gasteiger partial charge in [-0.2, -0.15) is 0 Å². The van der Waals surface area contributed by atoms with Crippen molar-refractivity contribution in [2.75, 3.05) is 13.1 Å². The van der Waals surface area contributed by atoms with Crippen LogP contribution in [-0.2, 0) is 0 Å². The molecular formula is C9H20FNS. The maximum atomic E-state index is 12.8. The van der Waals surface area contributed by atoms with Crippen molar-refractivity contribution >= 4 is 12.6 Å². The molecule has 0 radical (unpaired) electrons. The van der Waals surface area contributed by atoms with Crippen LogP contribution in [-0.4, -0.2) is 23.6 Å². The summed E-state index contributed by atoms with van der Waals surface area (Å²) in [5.74, 6) is 0. The molecule has 74 valence electrons. The third-order valence-electron chi connectivity index (χ3n) is 1.90. The smallest absolute Gasteiger partial charge is 0.197 e. The molecule has 0 saturated carbocycles. The summed E-state index contributed by atoms with van der Waals surface area (Å²) >= 11 is 3.80. The number of thiol groups is 1. The van der Waals surface area contributed by atoms with Crippen molar-refractivity contribution in [3.63, 3.8) is 0 Å². The Labute approximate surface area is 80.7 Å². The molecule has 3 heteroatoms. The normalized spacial score (nSPS) is 13.8. The number of hydrogen-bond donors (Lipinski definition) is 1. The molecule has 0 fully saturated rings. The molecule has 12 heavy (non-hydrogen) atoms. The summed E-state index contributed by atoms with van der Waals surface area (Å²) in [5, 5.41) is 0. The Morgan fingerprint density at radius 2 is 1.58 bits per heavy atom. The van der Waals surface area contributed by atoms with Crippen LogP contribution in [0.3, 0.4) is 0 Å². The van der Waals surface area contributed by atoms with Crippen molar-refractivity contribution in [3.05, 3.63) is 0 Å². The van der Waals surface area contributed by atoms with Crippen molar-refractivity contribution < 1.29 is 4.39 Å². The second kappa shape index (κ2) is 7.87. The van der Waals surface area contributed by atoms with E-state index >= 15 is 0 Å². The van der Waals surface area contributed by atoms with Crippen molar-refractivity contribution in [2.45, 2.75) is 45.2 Å². The highest BCUT2D eigenvalue weighted by atomic mass is 32.1. The predicted octanol–water partition coefficient (Wildman–Crippen LogP) is 3.07. The summed E-state index contributed by atoms with van der Waals surface area (Å²) in [4.78, 5) is 1.79. The number of halogens is 1. The molecule has 0 rings (SSSR count). The average Bonchev–Trinajstić information content (AvgIpc) is 2.04. The van der Waals surface area contributed by atoms with E-state index in [9.17, 15) is 4.39 Å². The minimum absolute atomic E-state index is 0.834. The first-order chi connectivity index (χ1) is 5.72. The molecule has 0 bridgehead atoms. The van der Waals surface area contributed by atoms with E-state index in [1.165, 1.54) is 0 Å². The molecule has 0 aliphatic heterocycles. The lowest BCUT2D eigenvalue weighted by Crippen LogP contribution is -2.30. The molecule has 0 amide bonds. The molecule has 1 unspecified atom stereocenters. The summed E-state index contributed by atoms with van der Waals surface area (Å²) < 4.78 is 12.8. The van der Waals surface area contributed by atoms with Gasteiger partial charge in [0.05, 0.1) is 0 Å². The predicted molar refractivity (Wildman–Crippen MR) is 55.3 cm³/mol. The highest BCUT2D eigenvalue weighted by molar-refractivity contribution is 7.80. The molecule has 0 aromatic rings. The molecule has 0 spiro atoms. The van der Waals surface area contributed by atoms with E-state index in [1.807, 2.05) is 0 Å². The van der Waals surface area contributed by atoms with Crippen LogP contribution in [0.25, 0.3) is 0 Å². The van der Waals surface area contributed by atoms with Gasteiger partial charge < -0.3 is 0 Å². The topological polar surface area (TPSA) is 3.24 Å². The number of alkyl halides is 1. The molecule has 0 aliphatic rings. The molecule has 0 saturated heterocycles. The maximum absolute atomic E-state index is 12.8. The maximum Gasteiger partial charge on any atom is 0.197 e. The van der Waals surface area contributed by atoms with Gasteiger partial charge in [0, 0.05) is 13.1 Å². The summed E-state index contributed by atoms with van der Waals surface area (Å²) in [6, 6.07) is 0. The van der Waals surface area contributed by atoms with E-state index in [-0.39, 0.29) is 0 Å². The summed E-state index contributed by atoms with van der Waals surface area (Å²) in [5.41, 5.74) is -1.08. The third-order valence-corrected chi connectivity index (χ3v) is 2.23. The Bertz CT molecular complexity index is 90.5. The fourth-order valence-electron chi connectivity index (χ4n) is 1.05. The van der Waals surface area contributed by atoms with E-state index in [4.69, 9.17) is 0 Å². The molecule has 0 aromatic carbocycles. The average molecular weight is 193 g/mol. The van der Waals surface area contributed by atoms with Crippen LogP contribution in [0, 0.1) is 0 Å². The van der Waals surface area contributed by atoms with Gasteiger partial charge in [-0.05, 0) is 12.8 Å². The van der Waals surface area contributed by atoms with Crippen LogP contribution in [0.5, 0.6) is 0 Å². The molecule has 0 aromatic heterocycles. The van der Waals surface area contributed by atoms with Crippen LogP contribution < -0.4 is 0 Å². The minimum atomic E-state index is -1.08. The highest BCUT2D eigenvalue weighted by Gasteiger charge is 2.10. The van der Waals surface area contributed by atoms with Crippen LogP contribution in [0.15, 0.2) is 0 Å². The lowest BCUT2D eigenvalue weighted by molar-refractivity contribution is 0.153. The largest absolute Gasteiger partial charge is 0.266 e. The lowest BCUT2D eigenvalue weighted by Gasteiger charge is -2.22. The van der Waals surface area contributed by atoms with Gasteiger partial charge in [-0.25, -0.2) is 4.39 Å². The zero-order valence-electron chi connectivity index (χ0n) is 8.09. The summed E-state index contributed by atoms with van der Waals surface area (Å²) in [6.45, 7) is 5.90. The quantitative estimate of drug-likeness (QED) is 0.369. The fraction of sp³-hybridized carbons (Fsp3) is 1.00. The first kappa shape index (κ1) is 12.2. The first-order valence-corrected chi connectivity index (χ1v) is 5.30. The van der Waals surface area contributed by atoms with Gasteiger partial charge in [-0.15, -0.1) is 12.6 Å². The van der Waals surface area contributed by atoms with Crippen molar-refractivity contribution in [1.82, 2.24) is 4.90 Å². The number of hydrogen-bond acceptors (Lipinski definition) is 2. The van der Waals surface area contributed by atoms with Crippen molar-refractivity contribution in [1.29, 1.82) is 0 Å². The monoisotopic (exact) mass is 193 g/mol. The lowest BCUT2D eigenvalue weighted by atomic mass is 10.3. The Balaban J connectivity index is 3.55. The summed E-state index contributed by atoms with van der Waals surface area (Å²) in [7, 11) is 0. The molecular weight excluding hydrogens is 173 g/mol. The Hall–Kier alpha value is 0.240. The highest BCUT2D eigenvalue weighted by Crippen LogP contribution is 2.08. The number of nitrogens with zero attached hydrogens (tertiary/aromatic N) is 1. The van der Waals surface area contributed by atoms with E-state index in [1.54, 1.807) is 4.90 Å². The standard InChI is InChI=1S/C9H20FNS/c1-3-5-7-11(9(10)12)8-6-4-2/h9,12H,3-8H2,1-2H3. The molecule has 0 heterocycles. The Kier molecular flexibility index (Phi) is 8.02. The van der Waals surface area contributed by atoms with Crippen LogP contribution in [0.1, 0.15) is 39.5 Å². The minimum Gasteiger partial charge on any atom is -0.266 e. The first-order valence-electron chi connectivity index (χ1n) is 4.78. The van der Waals surface area contributed by atoms with Gasteiger partial charge in [0.1, 0.15) is 0 Å². The fourth-order valence-corrected chi connectivity index (χ4v) is 1.28. The van der Waals surface area contributed by atoms with Crippen LogP contribution in [0.2, 0.25) is 0 Å². The van der Waals surface area contributed by atoms with Gasteiger partial charge in [0.25, 0.3) is 0 Å². The van der Waals surface area contributed by atoms with Crippen molar-refractivity contribution in [3.8, 4) is 0 Å². The second-order valence-electron chi connectivity index (χ2n) is 3.05. The van der Waals surface area contributed by atoms with E-state index in [0.29, 0.717) is 0 Å². The molecule has 1 atom stereocenters. The van der Waals surface area contributed by atoms with Gasteiger partial charge in [-0.3, -0.25) is 4.90 Å². The van der Waals surface area contributed by atoms with Crippen LogP contribution >= 0.6 is 12.6 Å². The van der Waals surface area contributed by atoms with E-state index < -0.39 is 5.63 Å². The number of rotatable bonds is 7. The number of unbranched alkanes of at least 4 members (excludes halogenated alkanes) is 2. The van der Waals surface area contributed by atoms with E-state index in [0.717, 1.165) is 38.8 Å². The molecule has 1 nitrogen and oxygen atoms in total. The molecule has 0 N–H and O–H groups in total. The third kappa shape index (κ3) is 5.84. The van der Waals surface area contributed by atoms with Crippen LogP contribution in [0.4, 0.5) is 4.39 Å². The van der Waals surface area contributed by atoms with Gasteiger partial charge in [0.15, 0.2) is 5.63 Å². The summed E-state index contributed by atoms with van der Waals surface area (Å²) in [6.07, 6.45) is 4.35. The Morgan fingerprint density at radius 1 is 1.17 bits per heavy atom. The van der Waals surface area contributed by atoms with Gasteiger partial charge in [0.2, 0.25) is 0 Å². The van der Waals surface area contributed by atoms with E-state index in [2.05, 4.69) is 26.5 Å². The SMILES string of the molecule is CCCCN(CCCC)C(F)S. The zero-order valence-corrected chi connectivity index (χ0v) is 8.99. The zero-order chi connectivity index (χ0) is 9.40. The Morgan fingerprint density at radius 3 is 1.83 bits per heavy atom. The van der Waals surface area contributed by atoms with Gasteiger partial charge >= 0.3 is 0 Å². The molecule has 0 aliphatic carbocycles. The van der Waals surface area contributed by atoms with Crippen molar-refractivity contribution in [2.24, 2.45) is 0 Å². The second-order valence-corrected chi connectivity index (χ2v) is 3.48.